The van der Waals surface area contributed by atoms with E-state index < -0.39 is 0 Å². The summed E-state index contributed by atoms with van der Waals surface area (Å²) in [6, 6.07) is 0. The summed E-state index contributed by atoms with van der Waals surface area (Å²) in [5.41, 5.74) is 0. The van der Waals surface area contributed by atoms with Gasteiger partial charge in [-0.05, 0) is 12.3 Å². The van der Waals surface area contributed by atoms with Crippen LogP contribution in [0.4, 0.5) is 0 Å². The Morgan fingerprint density at radius 1 is 0.706 bits per heavy atom. The van der Waals surface area contributed by atoms with Gasteiger partial charge < -0.3 is 0 Å². The molecular weight excluding hydrogens is 228 g/mol. The van der Waals surface area contributed by atoms with E-state index in [2.05, 4.69) is 13.8 Å². The molecule has 1 heteroatoms. The van der Waals surface area contributed by atoms with Gasteiger partial charge in [-0.3, -0.25) is 0 Å². The lowest BCUT2D eigenvalue weighted by atomic mass is 9.97. The third kappa shape index (κ3) is 14.2. The minimum absolute atomic E-state index is 0.843. The molecule has 0 spiro atoms. The van der Waals surface area contributed by atoms with Crippen molar-refractivity contribution in [1.82, 2.24) is 0 Å². The Labute approximate surface area is 115 Å². The molecule has 0 aliphatic rings. The summed E-state index contributed by atoms with van der Waals surface area (Å²) < 4.78 is 0. The average Bonchev–Trinajstić information content (AvgIpc) is 2.34. The molecule has 0 aromatic rings. The van der Waals surface area contributed by atoms with Gasteiger partial charge in [-0.15, -0.1) is 11.6 Å². The summed E-state index contributed by atoms with van der Waals surface area (Å²) in [6.45, 7) is 4.71. The van der Waals surface area contributed by atoms with Crippen molar-refractivity contribution in [2.75, 3.05) is 5.88 Å². The summed E-state index contributed by atoms with van der Waals surface area (Å²) in [5.74, 6) is 1.80. The van der Waals surface area contributed by atoms with Crippen molar-refractivity contribution in [3.8, 4) is 0 Å². The van der Waals surface area contributed by atoms with Gasteiger partial charge in [0.1, 0.15) is 0 Å². The SMILES string of the molecule is CCCCC(C)CCCCCCCCCCCl. The van der Waals surface area contributed by atoms with Gasteiger partial charge in [0.25, 0.3) is 0 Å². The first-order valence-corrected chi connectivity index (χ1v) is 8.40. The maximum atomic E-state index is 5.65. The highest BCUT2D eigenvalue weighted by Crippen LogP contribution is 2.17. The van der Waals surface area contributed by atoms with Gasteiger partial charge in [0, 0.05) is 5.88 Å². The molecule has 1 atom stereocenters. The van der Waals surface area contributed by atoms with Crippen LogP contribution in [0.1, 0.15) is 90.9 Å². The number of unbranched alkanes of at least 4 members (excludes halogenated alkanes) is 8. The smallest absolute Gasteiger partial charge is 0.0223 e. The second-order valence-electron chi connectivity index (χ2n) is 5.55. The number of hydrogen-bond acceptors (Lipinski definition) is 0. The molecule has 0 aliphatic carbocycles. The molecule has 0 fully saturated rings. The first-order valence-electron chi connectivity index (χ1n) is 7.87. The molecule has 0 saturated heterocycles. The van der Waals surface area contributed by atoms with E-state index in [0.29, 0.717) is 0 Å². The molecule has 0 nitrogen and oxygen atoms in total. The highest BCUT2D eigenvalue weighted by Gasteiger charge is 2.00. The average molecular weight is 261 g/mol. The zero-order chi connectivity index (χ0) is 12.8. The molecule has 1 unspecified atom stereocenters. The van der Waals surface area contributed by atoms with Crippen LogP contribution in [0.3, 0.4) is 0 Å². The molecule has 0 bridgehead atoms. The number of alkyl halides is 1. The fourth-order valence-corrected chi connectivity index (χ4v) is 2.53. The Morgan fingerprint density at radius 2 is 1.18 bits per heavy atom. The second kappa shape index (κ2) is 14.4. The molecule has 104 valence electrons. The van der Waals surface area contributed by atoms with Crippen molar-refractivity contribution in [1.29, 1.82) is 0 Å². The fraction of sp³-hybridized carbons (Fsp3) is 1.00. The maximum absolute atomic E-state index is 5.65. The van der Waals surface area contributed by atoms with Crippen LogP contribution in [0.5, 0.6) is 0 Å². The topological polar surface area (TPSA) is 0 Å². The largest absolute Gasteiger partial charge is 0.127 e. The van der Waals surface area contributed by atoms with Crippen LogP contribution in [0.25, 0.3) is 0 Å². The highest BCUT2D eigenvalue weighted by molar-refractivity contribution is 6.17. The molecular formula is C16H33Cl. The Bertz CT molecular complexity index is 133. The Hall–Kier alpha value is 0.290. The fourth-order valence-electron chi connectivity index (χ4n) is 2.34. The molecule has 0 radical (unpaired) electrons. The van der Waals surface area contributed by atoms with Crippen molar-refractivity contribution in [3.05, 3.63) is 0 Å². The van der Waals surface area contributed by atoms with Gasteiger partial charge in [-0.1, -0.05) is 84.5 Å². The zero-order valence-corrected chi connectivity index (χ0v) is 12.9. The third-order valence-corrected chi connectivity index (χ3v) is 3.90. The Morgan fingerprint density at radius 3 is 1.71 bits per heavy atom. The van der Waals surface area contributed by atoms with Crippen LogP contribution < -0.4 is 0 Å². The summed E-state index contributed by atoms with van der Waals surface area (Å²) in [7, 11) is 0. The quantitative estimate of drug-likeness (QED) is 0.260. The van der Waals surface area contributed by atoms with Crippen molar-refractivity contribution >= 4 is 11.6 Å². The monoisotopic (exact) mass is 260 g/mol. The van der Waals surface area contributed by atoms with Gasteiger partial charge >= 0.3 is 0 Å². The van der Waals surface area contributed by atoms with E-state index in [0.717, 1.165) is 11.8 Å². The minimum atomic E-state index is 0.843. The molecule has 0 saturated carbocycles. The highest BCUT2D eigenvalue weighted by atomic mass is 35.5. The van der Waals surface area contributed by atoms with Crippen molar-refractivity contribution < 1.29 is 0 Å². The van der Waals surface area contributed by atoms with Crippen molar-refractivity contribution in [2.24, 2.45) is 5.92 Å². The molecule has 0 aliphatic heterocycles. The van der Waals surface area contributed by atoms with E-state index in [1.807, 2.05) is 0 Å². The van der Waals surface area contributed by atoms with Crippen LogP contribution in [-0.4, -0.2) is 5.88 Å². The first kappa shape index (κ1) is 17.3. The molecule has 0 rings (SSSR count). The number of rotatable bonds is 13. The van der Waals surface area contributed by atoms with Gasteiger partial charge in [-0.25, -0.2) is 0 Å². The standard InChI is InChI=1S/C16H33Cl/c1-3-4-13-16(2)14-11-9-7-5-6-8-10-12-15-17/h16H,3-15H2,1-2H3. The van der Waals surface area contributed by atoms with Crippen molar-refractivity contribution in [2.45, 2.75) is 90.9 Å². The molecule has 0 N–H and O–H groups in total. The van der Waals surface area contributed by atoms with Crippen LogP contribution in [-0.2, 0) is 0 Å². The second-order valence-corrected chi connectivity index (χ2v) is 5.93. The van der Waals surface area contributed by atoms with E-state index in [1.54, 1.807) is 0 Å². The number of halogens is 1. The van der Waals surface area contributed by atoms with E-state index in [-0.39, 0.29) is 0 Å². The van der Waals surface area contributed by atoms with Crippen LogP contribution in [0, 0.1) is 5.92 Å². The molecule has 0 aromatic carbocycles. The maximum Gasteiger partial charge on any atom is 0.0223 e. The van der Waals surface area contributed by atoms with E-state index in [1.165, 1.54) is 77.0 Å². The lowest BCUT2D eigenvalue weighted by Gasteiger charge is -2.10. The molecule has 0 aromatic heterocycles. The van der Waals surface area contributed by atoms with Gasteiger partial charge in [0.15, 0.2) is 0 Å². The molecule has 17 heavy (non-hydrogen) atoms. The van der Waals surface area contributed by atoms with Crippen molar-refractivity contribution in [3.63, 3.8) is 0 Å². The van der Waals surface area contributed by atoms with Crippen LogP contribution >= 0.6 is 11.6 Å². The van der Waals surface area contributed by atoms with Gasteiger partial charge in [0.2, 0.25) is 0 Å². The number of hydrogen-bond donors (Lipinski definition) is 0. The lowest BCUT2D eigenvalue weighted by molar-refractivity contribution is 0.441. The normalized spacial score (nSPS) is 12.9. The Kier molecular flexibility index (Phi) is 14.6. The first-order chi connectivity index (χ1) is 8.31. The van der Waals surface area contributed by atoms with E-state index >= 15 is 0 Å². The summed E-state index contributed by atoms with van der Waals surface area (Å²) >= 11 is 5.65. The predicted octanol–water partition coefficient (Wildman–Crippen LogP) is 6.56. The molecule has 0 amide bonds. The third-order valence-electron chi connectivity index (χ3n) is 3.63. The minimum Gasteiger partial charge on any atom is -0.127 e. The van der Waals surface area contributed by atoms with E-state index in [4.69, 9.17) is 11.6 Å². The van der Waals surface area contributed by atoms with E-state index in [9.17, 15) is 0 Å². The van der Waals surface area contributed by atoms with Gasteiger partial charge in [-0.2, -0.15) is 0 Å². The Balaban J connectivity index is 3.02. The lowest BCUT2D eigenvalue weighted by Crippen LogP contribution is -1.94. The summed E-state index contributed by atoms with van der Waals surface area (Å²) in [4.78, 5) is 0. The summed E-state index contributed by atoms with van der Waals surface area (Å²) in [5, 5.41) is 0. The van der Waals surface area contributed by atoms with Crippen LogP contribution in [0.15, 0.2) is 0 Å². The summed E-state index contributed by atoms with van der Waals surface area (Å²) in [6.07, 6.45) is 16.8. The van der Waals surface area contributed by atoms with Gasteiger partial charge in [0.05, 0.1) is 0 Å². The molecule has 0 heterocycles. The van der Waals surface area contributed by atoms with Crippen LogP contribution in [0.2, 0.25) is 0 Å². The predicted molar refractivity (Wildman–Crippen MR) is 81.0 cm³/mol. The zero-order valence-electron chi connectivity index (χ0n) is 12.1.